The Morgan fingerprint density at radius 2 is 2.06 bits per heavy atom. The SMILES string of the molecule is CCn1nc(C)c(N)c1Sc1ccncc1. The predicted molar refractivity (Wildman–Crippen MR) is 65.4 cm³/mol. The number of pyridine rings is 1. The second-order valence-electron chi connectivity index (χ2n) is 3.40. The third-order valence-corrected chi connectivity index (χ3v) is 3.42. The van der Waals surface area contributed by atoms with E-state index in [-0.39, 0.29) is 0 Å². The minimum absolute atomic E-state index is 0.767. The van der Waals surface area contributed by atoms with Crippen molar-refractivity contribution in [1.29, 1.82) is 0 Å². The lowest BCUT2D eigenvalue weighted by atomic mass is 10.4. The van der Waals surface area contributed by atoms with E-state index in [4.69, 9.17) is 5.73 Å². The third-order valence-electron chi connectivity index (χ3n) is 2.29. The molecule has 2 rings (SSSR count). The van der Waals surface area contributed by atoms with E-state index in [1.54, 1.807) is 24.2 Å². The van der Waals surface area contributed by atoms with Crippen molar-refractivity contribution in [3.8, 4) is 0 Å². The van der Waals surface area contributed by atoms with Gasteiger partial charge in [-0.2, -0.15) is 5.10 Å². The van der Waals surface area contributed by atoms with Crippen LogP contribution in [-0.4, -0.2) is 14.8 Å². The predicted octanol–water partition coefficient (Wildman–Crippen LogP) is 2.34. The minimum atomic E-state index is 0.767. The zero-order chi connectivity index (χ0) is 11.5. The van der Waals surface area contributed by atoms with Crippen molar-refractivity contribution in [2.24, 2.45) is 0 Å². The normalized spacial score (nSPS) is 10.6. The Morgan fingerprint density at radius 3 is 2.69 bits per heavy atom. The van der Waals surface area contributed by atoms with Gasteiger partial charge in [0.25, 0.3) is 0 Å². The number of nitrogens with two attached hydrogens (primary N) is 1. The third kappa shape index (κ3) is 2.04. The average molecular weight is 234 g/mol. The molecule has 0 bridgehead atoms. The number of hydrogen-bond donors (Lipinski definition) is 1. The molecule has 0 fully saturated rings. The van der Waals surface area contributed by atoms with Gasteiger partial charge in [-0.15, -0.1) is 0 Å². The van der Waals surface area contributed by atoms with Crippen LogP contribution < -0.4 is 5.73 Å². The lowest BCUT2D eigenvalue weighted by Gasteiger charge is -2.04. The maximum atomic E-state index is 6.01. The van der Waals surface area contributed by atoms with Gasteiger partial charge < -0.3 is 5.73 Å². The summed E-state index contributed by atoms with van der Waals surface area (Å²) in [5, 5.41) is 5.39. The Labute approximate surface area is 98.9 Å². The number of anilines is 1. The van der Waals surface area contributed by atoms with Crippen LogP contribution >= 0.6 is 11.8 Å². The van der Waals surface area contributed by atoms with Crippen molar-refractivity contribution in [2.75, 3.05) is 5.73 Å². The minimum Gasteiger partial charge on any atom is -0.395 e. The van der Waals surface area contributed by atoms with Crippen molar-refractivity contribution in [3.63, 3.8) is 0 Å². The number of hydrogen-bond acceptors (Lipinski definition) is 4. The highest BCUT2D eigenvalue weighted by atomic mass is 32.2. The van der Waals surface area contributed by atoms with Crippen LogP contribution in [-0.2, 0) is 6.54 Å². The van der Waals surface area contributed by atoms with Crippen molar-refractivity contribution in [2.45, 2.75) is 30.3 Å². The van der Waals surface area contributed by atoms with Crippen LogP contribution in [0.2, 0.25) is 0 Å². The van der Waals surface area contributed by atoms with Gasteiger partial charge >= 0.3 is 0 Å². The highest BCUT2D eigenvalue weighted by molar-refractivity contribution is 7.99. The van der Waals surface area contributed by atoms with Crippen LogP contribution in [0.15, 0.2) is 34.4 Å². The summed E-state index contributed by atoms with van der Waals surface area (Å²) in [4.78, 5) is 5.11. The van der Waals surface area contributed by atoms with E-state index in [1.807, 2.05) is 23.7 Å². The molecule has 2 aromatic rings. The van der Waals surface area contributed by atoms with Gasteiger partial charge in [0.15, 0.2) is 0 Å². The zero-order valence-electron chi connectivity index (χ0n) is 9.34. The summed E-state index contributed by atoms with van der Waals surface area (Å²) < 4.78 is 1.93. The smallest absolute Gasteiger partial charge is 0.122 e. The molecule has 0 aliphatic rings. The zero-order valence-corrected chi connectivity index (χ0v) is 10.2. The van der Waals surface area contributed by atoms with Gasteiger partial charge in [-0.1, -0.05) is 11.8 Å². The van der Waals surface area contributed by atoms with Crippen LogP contribution in [0, 0.1) is 6.92 Å². The van der Waals surface area contributed by atoms with E-state index in [0.29, 0.717) is 0 Å². The fourth-order valence-corrected chi connectivity index (χ4v) is 2.43. The maximum Gasteiger partial charge on any atom is 0.122 e. The molecule has 0 amide bonds. The first-order valence-electron chi connectivity index (χ1n) is 5.13. The average Bonchev–Trinajstić information content (AvgIpc) is 2.58. The van der Waals surface area contributed by atoms with E-state index in [0.717, 1.165) is 27.8 Å². The lowest BCUT2D eigenvalue weighted by Crippen LogP contribution is -1.98. The number of aromatic nitrogens is 3. The second kappa shape index (κ2) is 4.57. The molecule has 5 heteroatoms. The van der Waals surface area contributed by atoms with Crippen LogP contribution in [0.1, 0.15) is 12.6 Å². The maximum absolute atomic E-state index is 6.01. The van der Waals surface area contributed by atoms with Crippen LogP contribution in [0.5, 0.6) is 0 Å². The summed E-state index contributed by atoms with van der Waals surface area (Å²) in [7, 11) is 0. The van der Waals surface area contributed by atoms with E-state index in [1.165, 1.54) is 0 Å². The van der Waals surface area contributed by atoms with Crippen molar-refractivity contribution < 1.29 is 0 Å². The van der Waals surface area contributed by atoms with E-state index < -0.39 is 0 Å². The van der Waals surface area contributed by atoms with Crippen molar-refractivity contribution >= 4 is 17.4 Å². The van der Waals surface area contributed by atoms with Gasteiger partial charge in [-0.25, -0.2) is 0 Å². The van der Waals surface area contributed by atoms with Crippen LogP contribution in [0.3, 0.4) is 0 Å². The Balaban J connectivity index is 2.34. The standard InChI is InChI=1S/C11H14N4S/c1-3-15-11(10(12)8(2)14-15)16-9-4-6-13-7-5-9/h4-7H,3,12H2,1-2H3. The topological polar surface area (TPSA) is 56.7 Å². The Kier molecular flexibility index (Phi) is 3.14. The summed E-state index contributed by atoms with van der Waals surface area (Å²) in [6.45, 7) is 4.81. The molecule has 0 saturated carbocycles. The molecule has 0 spiro atoms. The van der Waals surface area contributed by atoms with Gasteiger partial charge in [-0.05, 0) is 26.0 Å². The Hall–Kier alpha value is -1.49. The second-order valence-corrected chi connectivity index (χ2v) is 4.47. The lowest BCUT2D eigenvalue weighted by molar-refractivity contribution is 0.602. The molecule has 0 aliphatic heterocycles. The van der Waals surface area contributed by atoms with Crippen LogP contribution in [0.25, 0.3) is 0 Å². The molecule has 0 atom stereocenters. The monoisotopic (exact) mass is 234 g/mol. The molecule has 4 nitrogen and oxygen atoms in total. The number of nitrogen functional groups attached to an aromatic ring is 1. The Morgan fingerprint density at radius 1 is 1.38 bits per heavy atom. The number of nitrogens with zero attached hydrogens (tertiary/aromatic N) is 3. The summed E-state index contributed by atoms with van der Waals surface area (Å²) >= 11 is 1.62. The largest absolute Gasteiger partial charge is 0.395 e. The van der Waals surface area contributed by atoms with E-state index in [9.17, 15) is 0 Å². The highest BCUT2D eigenvalue weighted by Gasteiger charge is 2.12. The highest BCUT2D eigenvalue weighted by Crippen LogP contribution is 2.33. The van der Waals surface area contributed by atoms with Gasteiger partial charge in [0.2, 0.25) is 0 Å². The fourth-order valence-electron chi connectivity index (χ4n) is 1.41. The van der Waals surface area contributed by atoms with Crippen molar-refractivity contribution in [1.82, 2.24) is 14.8 Å². The summed E-state index contributed by atoms with van der Waals surface area (Å²) in [5.74, 6) is 0. The summed E-state index contributed by atoms with van der Waals surface area (Å²) in [6.07, 6.45) is 3.55. The van der Waals surface area contributed by atoms with Gasteiger partial charge in [-0.3, -0.25) is 9.67 Å². The molecular formula is C11H14N4S. The Bertz CT molecular complexity index is 478. The first-order valence-corrected chi connectivity index (χ1v) is 5.94. The van der Waals surface area contributed by atoms with Crippen molar-refractivity contribution in [3.05, 3.63) is 30.2 Å². The molecule has 0 saturated heterocycles. The molecule has 0 unspecified atom stereocenters. The first-order chi connectivity index (χ1) is 7.72. The fraction of sp³-hybridized carbons (Fsp3) is 0.273. The molecule has 16 heavy (non-hydrogen) atoms. The first kappa shape index (κ1) is 11.0. The van der Waals surface area contributed by atoms with Gasteiger partial charge in [0.1, 0.15) is 5.03 Å². The van der Waals surface area contributed by atoms with Gasteiger partial charge in [0, 0.05) is 23.8 Å². The molecule has 0 aliphatic carbocycles. The molecular weight excluding hydrogens is 220 g/mol. The quantitative estimate of drug-likeness (QED) is 0.885. The number of rotatable bonds is 3. The van der Waals surface area contributed by atoms with E-state index in [2.05, 4.69) is 17.0 Å². The van der Waals surface area contributed by atoms with Gasteiger partial charge in [0.05, 0.1) is 11.4 Å². The number of aryl methyl sites for hydroxylation is 2. The molecule has 0 aromatic carbocycles. The molecule has 0 radical (unpaired) electrons. The summed E-state index contributed by atoms with van der Waals surface area (Å²) in [6, 6.07) is 3.93. The molecule has 2 aromatic heterocycles. The van der Waals surface area contributed by atoms with Crippen LogP contribution in [0.4, 0.5) is 5.69 Å². The molecule has 2 heterocycles. The van der Waals surface area contributed by atoms with E-state index >= 15 is 0 Å². The molecule has 84 valence electrons. The molecule has 2 N–H and O–H groups in total. The summed E-state index contributed by atoms with van der Waals surface area (Å²) in [5.41, 5.74) is 7.66.